The van der Waals surface area contributed by atoms with Crippen LogP contribution in [0.4, 0.5) is 11.4 Å². The van der Waals surface area contributed by atoms with E-state index in [0.717, 1.165) is 131 Å². The van der Waals surface area contributed by atoms with Gasteiger partial charge in [-0.3, -0.25) is 38.2 Å². The first-order valence-corrected chi connectivity index (χ1v) is 26.8. The molecule has 0 unspecified atom stereocenters. The van der Waals surface area contributed by atoms with Crippen molar-refractivity contribution in [1.82, 2.24) is 48.5 Å². The number of carbonyl (C=O) groups excluding carboxylic acids is 2. The Hall–Kier alpha value is -6.88. The predicted octanol–water partition coefficient (Wildman–Crippen LogP) is 9.95. The van der Waals surface area contributed by atoms with E-state index in [0.29, 0.717) is 21.1 Å². The summed E-state index contributed by atoms with van der Waals surface area (Å²) in [5.41, 5.74) is 10.5. The van der Waals surface area contributed by atoms with Crippen LogP contribution in [-0.4, -0.2) is 113 Å². The molecule has 2 aromatic carbocycles. The maximum absolute atomic E-state index is 13.3. The van der Waals surface area contributed by atoms with E-state index < -0.39 is 0 Å². The zero-order valence-corrected chi connectivity index (χ0v) is 42.6. The molecule has 2 N–H and O–H groups in total. The molecule has 2 fully saturated rings. The highest BCUT2D eigenvalue weighted by atomic mass is 32.1. The average molecular weight is 1030 g/mol. The number of fused-ring (bicyclic) bond motifs is 2. The smallest absolute Gasteiger partial charge is 0.267 e. The molecule has 0 atom stereocenters. The number of rotatable bonds is 12. The third kappa shape index (κ3) is 10.4. The highest BCUT2D eigenvalue weighted by Gasteiger charge is 2.23. The number of nitrogens with zero attached hydrogens (tertiary/aromatic N) is 10. The number of carbonyl (C=O) groups is 2. The van der Waals surface area contributed by atoms with Crippen molar-refractivity contribution in [2.24, 2.45) is 0 Å². The fourth-order valence-electron chi connectivity index (χ4n) is 8.55. The molecule has 0 bridgehead atoms. The number of thiazole rings is 4. The van der Waals surface area contributed by atoms with Crippen LogP contribution in [0.3, 0.4) is 0 Å². The number of anilines is 2. The van der Waals surface area contributed by atoms with Crippen molar-refractivity contribution in [2.45, 2.75) is 26.9 Å². The Morgan fingerprint density at radius 2 is 1.00 bits per heavy atom. The van der Waals surface area contributed by atoms with Crippen LogP contribution in [0.25, 0.3) is 53.6 Å². The lowest BCUT2D eigenvalue weighted by Crippen LogP contribution is -2.35. The molecule has 0 saturated carbocycles. The van der Waals surface area contributed by atoms with Gasteiger partial charge < -0.3 is 20.1 Å². The van der Waals surface area contributed by atoms with Gasteiger partial charge in [-0.1, -0.05) is 36.4 Å². The Bertz CT molecular complexity index is 3270. The van der Waals surface area contributed by atoms with Gasteiger partial charge in [-0.2, -0.15) is 0 Å². The van der Waals surface area contributed by atoms with Gasteiger partial charge in [0.15, 0.2) is 9.92 Å². The van der Waals surface area contributed by atoms with Crippen molar-refractivity contribution in [3.63, 3.8) is 0 Å². The minimum atomic E-state index is -0.179. The number of aryl methyl sites for hydroxylation is 2. The molecule has 16 nitrogen and oxygen atoms in total. The first kappa shape index (κ1) is 47.4. The summed E-state index contributed by atoms with van der Waals surface area (Å²) in [6.07, 6.45) is 11.1. The number of imidazole rings is 2. The van der Waals surface area contributed by atoms with Gasteiger partial charge in [-0.15, -0.1) is 45.3 Å². The second kappa shape index (κ2) is 21.5. The first-order chi connectivity index (χ1) is 35.3. The van der Waals surface area contributed by atoms with E-state index >= 15 is 0 Å². The second-order valence-corrected chi connectivity index (χ2v) is 20.8. The van der Waals surface area contributed by atoms with Crippen molar-refractivity contribution >= 4 is 78.5 Å². The van der Waals surface area contributed by atoms with E-state index in [-0.39, 0.29) is 11.8 Å². The van der Waals surface area contributed by atoms with E-state index in [1.807, 2.05) is 86.6 Å². The summed E-state index contributed by atoms with van der Waals surface area (Å²) in [6.45, 7) is 12.3. The largest absolute Gasteiger partial charge is 0.379 e. The van der Waals surface area contributed by atoms with Gasteiger partial charge in [0, 0.05) is 121 Å². The quantitative estimate of drug-likeness (QED) is 0.119. The number of nitrogens with one attached hydrogen (secondary N) is 2. The summed E-state index contributed by atoms with van der Waals surface area (Å²) >= 11 is 6.01. The Kier molecular flexibility index (Phi) is 14.1. The Labute approximate surface area is 430 Å². The number of morpholine rings is 2. The molecule has 0 aliphatic carbocycles. The predicted molar refractivity (Wildman–Crippen MR) is 285 cm³/mol. The zero-order chi connectivity index (χ0) is 49.0. The molecule has 10 aromatic rings. The summed E-state index contributed by atoms with van der Waals surface area (Å²) in [5, 5.41) is 12.1. The number of aromatic nitrogens is 8. The van der Waals surface area contributed by atoms with Crippen LogP contribution >= 0.6 is 45.3 Å². The highest BCUT2D eigenvalue weighted by Crippen LogP contribution is 2.35. The van der Waals surface area contributed by atoms with Gasteiger partial charge in [0.1, 0.15) is 19.8 Å². The van der Waals surface area contributed by atoms with Crippen LogP contribution in [0.2, 0.25) is 0 Å². The van der Waals surface area contributed by atoms with Crippen molar-refractivity contribution in [3.05, 3.63) is 153 Å². The Morgan fingerprint density at radius 1 is 0.569 bits per heavy atom. The van der Waals surface area contributed by atoms with E-state index in [1.54, 1.807) is 47.5 Å². The minimum Gasteiger partial charge on any atom is -0.379 e. The average Bonchev–Trinajstić information content (AvgIpc) is 4.29. The Balaban J connectivity index is 0.000000156. The summed E-state index contributed by atoms with van der Waals surface area (Å²) in [6, 6.07) is 23.2. The molecule has 8 aromatic heterocycles. The lowest BCUT2D eigenvalue weighted by Gasteiger charge is -2.26. The standard InChI is InChI=1S/2C26H24N6O2S2/c2*1-17-23(36-25(28-17)18-5-4-8-27-13-18)24(33)29-21-7-3-2-6-20(21)22-15-32-19(16-35-26(32)30-22)14-31-9-11-34-12-10-31/h2*2-8,13,15-16H,9-12,14H2,1H3,(H,29,33). The second-order valence-electron chi connectivity index (χ2n) is 17.1. The monoisotopic (exact) mass is 1030 g/mol. The van der Waals surface area contributed by atoms with Crippen LogP contribution in [-0.2, 0) is 22.6 Å². The van der Waals surface area contributed by atoms with Crippen LogP contribution in [0.5, 0.6) is 0 Å². The zero-order valence-electron chi connectivity index (χ0n) is 39.4. The maximum atomic E-state index is 13.3. The van der Waals surface area contributed by atoms with Crippen LogP contribution in [0, 0.1) is 13.8 Å². The lowest BCUT2D eigenvalue weighted by molar-refractivity contribution is 0.0335. The van der Waals surface area contributed by atoms with Crippen molar-refractivity contribution in [3.8, 4) is 43.7 Å². The molecule has 20 heteroatoms. The third-order valence-corrected chi connectivity index (χ3v) is 16.5. The molecule has 2 amide bonds. The lowest BCUT2D eigenvalue weighted by atomic mass is 10.1. The Morgan fingerprint density at radius 3 is 1.42 bits per heavy atom. The van der Waals surface area contributed by atoms with Crippen molar-refractivity contribution < 1.29 is 19.1 Å². The normalized spacial score (nSPS) is 14.4. The maximum Gasteiger partial charge on any atom is 0.267 e. The molecule has 364 valence electrons. The summed E-state index contributed by atoms with van der Waals surface area (Å²) < 4.78 is 15.3. The van der Waals surface area contributed by atoms with Crippen LogP contribution in [0.1, 0.15) is 42.1 Å². The number of hydrogen-bond donors (Lipinski definition) is 2. The molecule has 72 heavy (non-hydrogen) atoms. The number of hydrogen-bond acceptors (Lipinski definition) is 16. The summed E-state index contributed by atoms with van der Waals surface area (Å²) in [5.74, 6) is -0.358. The number of para-hydroxylation sites is 2. The van der Waals surface area contributed by atoms with Crippen LogP contribution in [0.15, 0.2) is 121 Å². The molecule has 0 radical (unpaired) electrons. The SMILES string of the molecule is Cc1nc(-c2cccnc2)sc1C(=O)Nc1ccccc1-c1cn2c(CN3CCOCC3)csc2n1.Cc1nc(-c2cccnc2)sc1C(=O)Nc1ccccc1-c1cn2c(CN3CCOCC3)csc2n1. The van der Waals surface area contributed by atoms with Crippen LogP contribution < -0.4 is 10.6 Å². The fourth-order valence-corrected chi connectivity index (χ4v) is 12.2. The van der Waals surface area contributed by atoms with E-state index in [1.165, 1.54) is 34.1 Å². The topological polar surface area (TPSA) is 169 Å². The number of amides is 2. The van der Waals surface area contributed by atoms with Gasteiger partial charge in [0.2, 0.25) is 0 Å². The van der Waals surface area contributed by atoms with E-state index in [9.17, 15) is 9.59 Å². The highest BCUT2D eigenvalue weighted by molar-refractivity contribution is 7.17. The molecular weight excluding hydrogens is 985 g/mol. The molecule has 12 rings (SSSR count). The van der Waals surface area contributed by atoms with E-state index in [4.69, 9.17) is 19.4 Å². The molecule has 0 spiro atoms. The molecule has 2 aliphatic heterocycles. The summed E-state index contributed by atoms with van der Waals surface area (Å²) in [7, 11) is 0. The molecule has 2 saturated heterocycles. The minimum absolute atomic E-state index is 0.179. The van der Waals surface area contributed by atoms with Crippen molar-refractivity contribution in [1.29, 1.82) is 0 Å². The van der Waals surface area contributed by atoms with Gasteiger partial charge in [-0.05, 0) is 50.2 Å². The molecule has 2 aliphatic rings. The van der Waals surface area contributed by atoms with Gasteiger partial charge in [0.25, 0.3) is 11.8 Å². The number of pyridine rings is 2. The molecular formula is C52H48N12O4S4. The number of ether oxygens (including phenoxy) is 2. The third-order valence-electron chi connectivity index (χ3n) is 12.3. The summed E-state index contributed by atoms with van der Waals surface area (Å²) in [4.78, 5) is 61.6. The van der Waals surface area contributed by atoms with Gasteiger partial charge >= 0.3 is 0 Å². The van der Waals surface area contributed by atoms with E-state index in [2.05, 4.69) is 72.3 Å². The van der Waals surface area contributed by atoms with Crippen molar-refractivity contribution in [2.75, 3.05) is 63.2 Å². The fraction of sp³-hybridized carbons (Fsp3) is 0.231. The first-order valence-electron chi connectivity index (χ1n) is 23.4. The molecule has 10 heterocycles. The number of benzene rings is 2. The van der Waals surface area contributed by atoms with Gasteiger partial charge in [0.05, 0.1) is 60.6 Å². The van der Waals surface area contributed by atoms with Gasteiger partial charge in [-0.25, -0.2) is 19.9 Å².